The van der Waals surface area contributed by atoms with Gasteiger partial charge in [0.2, 0.25) is 0 Å². The number of pyridine rings is 2. The first kappa shape index (κ1) is 17.1. The van der Waals surface area contributed by atoms with Gasteiger partial charge in [-0.3, -0.25) is 14.8 Å². The maximum atomic E-state index is 12.5. The van der Waals surface area contributed by atoms with Crippen LogP contribution in [0.3, 0.4) is 0 Å². The summed E-state index contributed by atoms with van der Waals surface area (Å²) in [5.74, 6) is 0.353. The third-order valence-electron chi connectivity index (χ3n) is 5.25. The molecule has 2 fully saturated rings. The Kier molecular flexibility index (Phi) is 4.70. The van der Waals surface area contributed by atoms with Crippen molar-refractivity contribution in [2.45, 2.75) is 25.6 Å². The van der Waals surface area contributed by atoms with Crippen molar-refractivity contribution in [2.24, 2.45) is 5.92 Å². The van der Waals surface area contributed by atoms with Gasteiger partial charge in [0.05, 0.1) is 32.0 Å². The van der Waals surface area contributed by atoms with E-state index in [1.165, 1.54) is 0 Å². The molecule has 136 valence electrons. The second-order valence-electron chi connectivity index (χ2n) is 7.08. The van der Waals surface area contributed by atoms with Gasteiger partial charge in [-0.25, -0.2) is 0 Å². The number of aromatic nitrogens is 2. The van der Waals surface area contributed by atoms with Crippen molar-refractivity contribution in [3.05, 3.63) is 59.7 Å². The highest BCUT2D eigenvalue weighted by atomic mass is 16.5. The summed E-state index contributed by atoms with van der Waals surface area (Å²) in [6, 6.07) is 9.45. The van der Waals surface area contributed by atoms with Crippen LogP contribution >= 0.6 is 0 Å². The fraction of sp³-hybridized carbons (Fsp3) is 0.450. The topological polar surface area (TPSA) is 64.6 Å². The molecule has 2 saturated heterocycles. The average Bonchev–Trinajstić information content (AvgIpc) is 3.05. The van der Waals surface area contributed by atoms with Gasteiger partial charge < -0.3 is 14.4 Å². The molecule has 1 spiro atoms. The molecule has 0 unspecified atom stereocenters. The van der Waals surface area contributed by atoms with Crippen molar-refractivity contribution >= 4 is 5.91 Å². The first-order chi connectivity index (χ1) is 12.7. The normalized spacial score (nSPS) is 21.0. The zero-order valence-corrected chi connectivity index (χ0v) is 14.9. The third kappa shape index (κ3) is 3.34. The first-order valence-corrected chi connectivity index (χ1v) is 9.00. The number of rotatable bonds is 5. The van der Waals surface area contributed by atoms with Crippen LogP contribution in [0.5, 0.6) is 0 Å². The van der Waals surface area contributed by atoms with Gasteiger partial charge in [-0.2, -0.15) is 0 Å². The van der Waals surface area contributed by atoms with Gasteiger partial charge in [0, 0.05) is 36.2 Å². The predicted molar refractivity (Wildman–Crippen MR) is 95.6 cm³/mol. The quantitative estimate of drug-likeness (QED) is 0.825. The van der Waals surface area contributed by atoms with Gasteiger partial charge in [0.25, 0.3) is 5.91 Å². The average molecular weight is 353 g/mol. The van der Waals surface area contributed by atoms with E-state index in [4.69, 9.17) is 9.47 Å². The second kappa shape index (κ2) is 7.13. The number of nitrogens with zero attached hydrogens (tertiary/aromatic N) is 3. The Bertz CT molecular complexity index is 775. The SMILES string of the molecule is Cc1cccc(COC[C@H]2CCOC23CN(C(=O)c2ccncc2)C3)n1. The lowest BCUT2D eigenvalue weighted by molar-refractivity contribution is -0.129. The molecule has 6 heteroatoms. The van der Waals surface area contributed by atoms with Crippen LogP contribution in [-0.4, -0.2) is 52.7 Å². The lowest BCUT2D eigenvalue weighted by Gasteiger charge is -2.50. The van der Waals surface area contributed by atoms with E-state index in [2.05, 4.69) is 9.97 Å². The second-order valence-corrected chi connectivity index (χ2v) is 7.08. The van der Waals surface area contributed by atoms with E-state index >= 15 is 0 Å². The van der Waals surface area contributed by atoms with Crippen LogP contribution < -0.4 is 0 Å². The van der Waals surface area contributed by atoms with Crippen molar-refractivity contribution in [1.82, 2.24) is 14.9 Å². The molecule has 0 aliphatic carbocycles. The Balaban J connectivity index is 1.31. The summed E-state index contributed by atoms with van der Waals surface area (Å²) < 4.78 is 11.9. The minimum atomic E-state index is -0.247. The first-order valence-electron chi connectivity index (χ1n) is 9.00. The molecule has 0 radical (unpaired) electrons. The van der Waals surface area contributed by atoms with E-state index < -0.39 is 0 Å². The Labute approximate surface area is 153 Å². The monoisotopic (exact) mass is 353 g/mol. The fourth-order valence-corrected chi connectivity index (χ4v) is 3.78. The molecule has 2 aromatic heterocycles. The summed E-state index contributed by atoms with van der Waals surface area (Å²) >= 11 is 0. The van der Waals surface area contributed by atoms with Crippen LogP contribution in [-0.2, 0) is 16.1 Å². The van der Waals surface area contributed by atoms with Gasteiger partial charge in [-0.05, 0) is 37.6 Å². The van der Waals surface area contributed by atoms with Gasteiger partial charge in [0.1, 0.15) is 5.60 Å². The van der Waals surface area contributed by atoms with Gasteiger partial charge in [0.15, 0.2) is 0 Å². The summed E-state index contributed by atoms with van der Waals surface area (Å²) in [5.41, 5.74) is 2.37. The summed E-state index contributed by atoms with van der Waals surface area (Å²) in [6.45, 7) is 5.11. The minimum Gasteiger partial charge on any atom is -0.375 e. The molecule has 0 aromatic carbocycles. The predicted octanol–water partition coefficient (Wildman–Crippen LogP) is 2.23. The van der Waals surface area contributed by atoms with E-state index in [0.717, 1.165) is 24.4 Å². The van der Waals surface area contributed by atoms with Crippen molar-refractivity contribution in [1.29, 1.82) is 0 Å². The molecule has 26 heavy (non-hydrogen) atoms. The maximum absolute atomic E-state index is 12.5. The van der Waals surface area contributed by atoms with E-state index in [1.54, 1.807) is 24.5 Å². The molecule has 6 nitrogen and oxygen atoms in total. The molecular weight excluding hydrogens is 330 g/mol. The number of amides is 1. The Morgan fingerprint density at radius 2 is 2.12 bits per heavy atom. The highest BCUT2D eigenvalue weighted by molar-refractivity contribution is 5.94. The van der Waals surface area contributed by atoms with Gasteiger partial charge in [-0.1, -0.05) is 6.07 Å². The summed E-state index contributed by atoms with van der Waals surface area (Å²) in [5, 5.41) is 0. The maximum Gasteiger partial charge on any atom is 0.254 e. The third-order valence-corrected chi connectivity index (χ3v) is 5.25. The lowest BCUT2D eigenvalue weighted by atomic mass is 9.81. The van der Waals surface area contributed by atoms with Crippen LogP contribution in [0, 0.1) is 12.8 Å². The molecule has 1 atom stereocenters. The van der Waals surface area contributed by atoms with Crippen LogP contribution in [0.1, 0.15) is 28.2 Å². The molecule has 0 saturated carbocycles. The van der Waals surface area contributed by atoms with Crippen molar-refractivity contribution in [3.8, 4) is 0 Å². The molecule has 0 N–H and O–H groups in total. The van der Waals surface area contributed by atoms with E-state index in [-0.39, 0.29) is 11.5 Å². The zero-order valence-electron chi connectivity index (χ0n) is 14.9. The van der Waals surface area contributed by atoms with Gasteiger partial charge in [-0.15, -0.1) is 0 Å². The molecule has 0 bridgehead atoms. The number of hydrogen-bond acceptors (Lipinski definition) is 5. The van der Waals surface area contributed by atoms with Crippen molar-refractivity contribution < 1.29 is 14.3 Å². The van der Waals surface area contributed by atoms with Crippen molar-refractivity contribution in [2.75, 3.05) is 26.3 Å². The van der Waals surface area contributed by atoms with E-state index in [0.29, 0.717) is 37.8 Å². The molecule has 4 heterocycles. The van der Waals surface area contributed by atoms with E-state index in [9.17, 15) is 4.79 Å². The highest BCUT2D eigenvalue weighted by Gasteiger charge is 2.54. The van der Waals surface area contributed by atoms with Crippen LogP contribution in [0.15, 0.2) is 42.7 Å². The lowest BCUT2D eigenvalue weighted by Crippen LogP contribution is -2.66. The highest BCUT2D eigenvalue weighted by Crippen LogP contribution is 2.40. The molecule has 2 aromatic rings. The van der Waals surface area contributed by atoms with Crippen LogP contribution in [0.25, 0.3) is 0 Å². The number of aryl methyl sites for hydroxylation is 1. The Morgan fingerprint density at radius 3 is 2.88 bits per heavy atom. The Hall–Kier alpha value is -2.31. The Morgan fingerprint density at radius 1 is 1.31 bits per heavy atom. The van der Waals surface area contributed by atoms with Gasteiger partial charge >= 0.3 is 0 Å². The minimum absolute atomic E-state index is 0.0390. The smallest absolute Gasteiger partial charge is 0.254 e. The standard InChI is InChI=1S/C20H23N3O3/c1-15-3-2-4-18(22-15)12-25-11-17-7-10-26-20(17)13-23(14-20)19(24)16-5-8-21-9-6-16/h2-6,8-9,17H,7,10-14H2,1H3/t17-/m1/s1. The molecular formula is C20H23N3O3. The van der Waals surface area contributed by atoms with Crippen LogP contribution in [0.2, 0.25) is 0 Å². The number of carbonyl (C=O) groups is 1. The molecule has 2 aliphatic heterocycles. The molecule has 2 aliphatic rings. The number of likely N-dealkylation sites (tertiary alicyclic amines) is 1. The largest absolute Gasteiger partial charge is 0.375 e. The number of hydrogen-bond donors (Lipinski definition) is 0. The summed E-state index contributed by atoms with van der Waals surface area (Å²) in [4.78, 5) is 22.8. The zero-order chi connectivity index (χ0) is 18.0. The summed E-state index contributed by atoms with van der Waals surface area (Å²) in [7, 11) is 0. The fourth-order valence-electron chi connectivity index (χ4n) is 3.78. The molecule has 4 rings (SSSR count). The van der Waals surface area contributed by atoms with Crippen LogP contribution in [0.4, 0.5) is 0 Å². The molecule has 1 amide bonds. The van der Waals surface area contributed by atoms with Crippen molar-refractivity contribution in [3.63, 3.8) is 0 Å². The van der Waals surface area contributed by atoms with E-state index in [1.807, 2.05) is 30.0 Å². The summed E-state index contributed by atoms with van der Waals surface area (Å²) in [6.07, 6.45) is 4.26. The number of carbonyl (C=O) groups excluding carboxylic acids is 1. The number of ether oxygens (including phenoxy) is 2.